The van der Waals surface area contributed by atoms with Crippen molar-refractivity contribution in [3.8, 4) is 0 Å². The smallest absolute Gasteiger partial charge is 0.306 e. The molecule has 0 saturated carbocycles. The molecule has 4 heteroatoms. The summed E-state index contributed by atoms with van der Waals surface area (Å²) < 4.78 is 0. The zero-order valence-electron chi connectivity index (χ0n) is 7.30. The Hall–Kier alpha value is -1.09. The van der Waals surface area contributed by atoms with E-state index in [1.165, 1.54) is 0 Å². The fraction of sp³-hybridized carbons (Fsp3) is 0.333. The third kappa shape index (κ3) is 3.90. The van der Waals surface area contributed by atoms with Crippen molar-refractivity contribution in [1.82, 2.24) is 4.98 Å². The number of aromatic nitrogens is 1. The lowest BCUT2D eigenvalue weighted by Gasteiger charge is -2.04. The number of hydrogen-bond acceptors (Lipinski definition) is 2. The van der Waals surface area contributed by atoms with Crippen molar-refractivity contribution < 1.29 is 9.90 Å². The summed E-state index contributed by atoms with van der Waals surface area (Å²) in [4.78, 5) is 14.4. The van der Waals surface area contributed by atoms with Gasteiger partial charge in [0.15, 0.2) is 0 Å². The van der Waals surface area contributed by atoms with Crippen molar-refractivity contribution in [2.75, 3.05) is 0 Å². The van der Waals surface area contributed by atoms with E-state index in [-0.39, 0.29) is 18.3 Å². The fourth-order valence-electron chi connectivity index (χ4n) is 0.960. The molecule has 0 aliphatic heterocycles. The Morgan fingerprint density at radius 3 is 2.85 bits per heavy atom. The molecule has 1 heterocycles. The van der Waals surface area contributed by atoms with Gasteiger partial charge in [-0.05, 0) is 18.1 Å². The number of carboxylic acid groups (broad SMARTS) is 1. The molecule has 1 aromatic heterocycles. The molecular weight excluding hydrogens is 190 g/mol. The molecule has 0 amide bonds. The third-order valence-corrected chi connectivity index (χ3v) is 1.69. The first kappa shape index (κ1) is 11.9. The second kappa shape index (κ2) is 5.54. The van der Waals surface area contributed by atoms with E-state index in [9.17, 15) is 4.79 Å². The van der Waals surface area contributed by atoms with E-state index in [1.54, 1.807) is 19.3 Å². The van der Waals surface area contributed by atoms with E-state index in [4.69, 9.17) is 5.11 Å². The monoisotopic (exact) mass is 201 g/mol. The van der Waals surface area contributed by atoms with Gasteiger partial charge < -0.3 is 5.11 Å². The first-order valence-corrected chi connectivity index (χ1v) is 3.82. The molecule has 0 radical (unpaired) electrons. The number of hydrogen-bond donors (Lipinski definition) is 1. The summed E-state index contributed by atoms with van der Waals surface area (Å²) in [6.07, 6.45) is 3.91. The molecule has 0 fully saturated rings. The summed E-state index contributed by atoms with van der Waals surface area (Å²) in [5.41, 5.74) is 0.965. The van der Waals surface area contributed by atoms with Crippen LogP contribution in [0.3, 0.4) is 0 Å². The highest BCUT2D eigenvalue weighted by Crippen LogP contribution is 2.06. The van der Waals surface area contributed by atoms with Crippen LogP contribution in [0.1, 0.15) is 12.5 Å². The van der Waals surface area contributed by atoms with Crippen molar-refractivity contribution in [1.29, 1.82) is 0 Å². The molecule has 1 N–H and O–H groups in total. The molecule has 3 nitrogen and oxygen atoms in total. The minimum Gasteiger partial charge on any atom is -0.481 e. The Kier molecular flexibility index (Phi) is 5.07. The van der Waals surface area contributed by atoms with Gasteiger partial charge in [0.05, 0.1) is 5.92 Å². The molecule has 0 spiro atoms. The van der Waals surface area contributed by atoms with Crippen LogP contribution >= 0.6 is 12.4 Å². The van der Waals surface area contributed by atoms with Crippen molar-refractivity contribution in [3.05, 3.63) is 30.1 Å². The lowest BCUT2D eigenvalue weighted by Crippen LogP contribution is -2.12. The van der Waals surface area contributed by atoms with Crippen molar-refractivity contribution in [2.45, 2.75) is 13.3 Å². The van der Waals surface area contributed by atoms with Gasteiger partial charge in [-0.1, -0.05) is 13.0 Å². The maximum Gasteiger partial charge on any atom is 0.306 e. The largest absolute Gasteiger partial charge is 0.481 e. The van der Waals surface area contributed by atoms with Crippen LogP contribution in [0.15, 0.2) is 24.5 Å². The van der Waals surface area contributed by atoms with E-state index in [1.807, 2.05) is 12.1 Å². The molecule has 1 aromatic rings. The highest BCUT2D eigenvalue weighted by molar-refractivity contribution is 5.85. The Labute approximate surface area is 83.2 Å². The minimum absolute atomic E-state index is 0. The second-order valence-electron chi connectivity index (χ2n) is 2.80. The van der Waals surface area contributed by atoms with Gasteiger partial charge in [0.1, 0.15) is 0 Å². The van der Waals surface area contributed by atoms with E-state index < -0.39 is 5.97 Å². The summed E-state index contributed by atoms with van der Waals surface area (Å²) in [5.74, 6) is -1.10. The highest BCUT2D eigenvalue weighted by Gasteiger charge is 2.10. The Morgan fingerprint density at radius 1 is 1.69 bits per heavy atom. The Bertz CT molecular complexity index is 264. The van der Waals surface area contributed by atoms with Crippen LogP contribution in [0.5, 0.6) is 0 Å². The molecule has 72 valence electrons. The van der Waals surface area contributed by atoms with Gasteiger partial charge in [-0.3, -0.25) is 9.78 Å². The average molecular weight is 202 g/mol. The number of halogens is 1. The summed E-state index contributed by atoms with van der Waals surface area (Å²) in [6.45, 7) is 1.69. The molecule has 0 aliphatic rings. The van der Waals surface area contributed by atoms with E-state index in [2.05, 4.69) is 4.98 Å². The first-order valence-electron chi connectivity index (χ1n) is 3.82. The lowest BCUT2D eigenvalue weighted by molar-refractivity contribution is -0.141. The molecular formula is C9H12ClNO2. The predicted octanol–water partition coefficient (Wildman–Crippen LogP) is 1.77. The van der Waals surface area contributed by atoms with Crippen molar-refractivity contribution >= 4 is 18.4 Å². The van der Waals surface area contributed by atoms with Crippen LogP contribution < -0.4 is 0 Å². The molecule has 0 bridgehead atoms. The summed E-state index contributed by atoms with van der Waals surface area (Å²) in [6, 6.07) is 3.69. The minimum atomic E-state index is -0.765. The highest BCUT2D eigenvalue weighted by atomic mass is 35.5. The maximum absolute atomic E-state index is 10.5. The molecule has 0 saturated heterocycles. The normalized spacial score (nSPS) is 11.5. The van der Waals surface area contributed by atoms with Gasteiger partial charge >= 0.3 is 5.97 Å². The van der Waals surface area contributed by atoms with Gasteiger partial charge in [-0.25, -0.2) is 0 Å². The molecule has 0 aliphatic carbocycles. The molecule has 13 heavy (non-hydrogen) atoms. The van der Waals surface area contributed by atoms with Crippen LogP contribution in [-0.4, -0.2) is 16.1 Å². The topological polar surface area (TPSA) is 50.2 Å². The van der Waals surface area contributed by atoms with Gasteiger partial charge in [0, 0.05) is 12.4 Å². The number of pyridine rings is 1. The molecule has 1 rings (SSSR count). The Balaban J connectivity index is 0.00000144. The number of rotatable bonds is 3. The SMILES string of the molecule is CC(Cc1cccnc1)C(=O)O.Cl. The number of nitrogens with zero attached hydrogens (tertiary/aromatic N) is 1. The van der Waals surface area contributed by atoms with Crippen molar-refractivity contribution in [3.63, 3.8) is 0 Å². The number of carbonyl (C=O) groups is 1. The van der Waals surface area contributed by atoms with Crippen LogP contribution in [0, 0.1) is 5.92 Å². The zero-order valence-corrected chi connectivity index (χ0v) is 8.12. The second-order valence-corrected chi connectivity index (χ2v) is 2.80. The number of aliphatic carboxylic acids is 1. The lowest BCUT2D eigenvalue weighted by atomic mass is 10.0. The van der Waals surface area contributed by atoms with Crippen LogP contribution in [0.4, 0.5) is 0 Å². The van der Waals surface area contributed by atoms with Crippen LogP contribution in [0.25, 0.3) is 0 Å². The predicted molar refractivity (Wildman–Crippen MR) is 52.0 cm³/mol. The average Bonchev–Trinajstić information content (AvgIpc) is 2.06. The standard InChI is InChI=1S/C9H11NO2.ClH/c1-7(9(11)12)5-8-3-2-4-10-6-8;/h2-4,6-7H,5H2,1H3,(H,11,12);1H. The zero-order chi connectivity index (χ0) is 8.97. The quantitative estimate of drug-likeness (QED) is 0.811. The molecule has 1 unspecified atom stereocenters. The maximum atomic E-state index is 10.5. The fourth-order valence-corrected chi connectivity index (χ4v) is 0.960. The van der Waals surface area contributed by atoms with Gasteiger partial charge in [0.25, 0.3) is 0 Å². The van der Waals surface area contributed by atoms with Gasteiger partial charge in [0.2, 0.25) is 0 Å². The van der Waals surface area contributed by atoms with Crippen LogP contribution in [0.2, 0.25) is 0 Å². The van der Waals surface area contributed by atoms with Gasteiger partial charge in [-0.2, -0.15) is 0 Å². The van der Waals surface area contributed by atoms with Crippen LogP contribution in [-0.2, 0) is 11.2 Å². The summed E-state index contributed by atoms with van der Waals surface area (Å²) in [7, 11) is 0. The third-order valence-electron chi connectivity index (χ3n) is 1.69. The van der Waals surface area contributed by atoms with Gasteiger partial charge in [-0.15, -0.1) is 12.4 Å². The molecule has 0 aromatic carbocycles. The molecule has 1 atom stereocenters. The van der Waals surface area contributed by atoms with Crippen molar-refractivity contribution in [2.24, 2.45) is 5.92 Å². The Morgan fingerprint density at radius 2 is 2.38 bits per heavy atom. The van der Waals surface area contributed by atoms with E-state index in [0.29, 0.717) is 6.42 Å². The summed E-state index contributed by atoms with van der Waals surface area (Å²) in [5, 5.41) is 8.62. The first-order chi connectivity index (χ1) is 5.70. The number of carboxylic acids is 1. The van der Waals surface area contributed by atoms with E-state index in [0.717, 1.165) is 5.56 Å². The summed E-state index contributed by atoms with van der Waals surface area (Å²) >= 11 is 0. The van der Waals surface area contributed by atoms with E-state index >= 15 is 0 Å².